The van der Waals surface area contributed by atoms with E-state index in [1.54, 1.807) is 0 Å². The number of hydrogen-bond donors (Lipinski definition) is 1. The van der Waals surface area contributed by atoms with Crippen LogP contribution in [0.25, 0.3) is 0 Å². The lowest BCUT2D eigenvalue weighted by molar-refractivity contribution is -0.149. The topological polar surface area (TPSA) is 18.5 Å². The highest BCUT2D eigenvalue weighted by molar-refractivity contribution is 5.23. The lowest BCUT2D eigenvalue weighted by Crippen LogP contribution is -2.48. The van der Waals surface area contributed by atoms with Crippen LogP contribution in [0.2, 0.25) is 0 Å². The molecule has 0 spiro atoms. The van der Waals surface area contributed by atoms with Gasteiger partial charge in [-0.1, -0.05) is 24.3 Å². The summed E-state index contributed by atoms with van der Waals surface area (Å²) in [6.45, 7) is 3.17. The second-order valence-corrected chi connectivity index (χ2v) is 5.52. The summed E-state index contributed by atoms with van der Waals surface area (Å²) in [6, 6.07) is 8.32. The lowest BCUT2D eigenvalue weighted by atomic mass is 10.1. The molecule has 6 heteroatoms. The van der Waals surface area contributed by atoms with Crippen LogP contribution in [0, 0.1) is 0 Å². The molecule has 1 heterocycles. The molecule has 0 unspecified atom stereocenters. The fraction of sp³-hybridized carbons (Fsp3) is 0.600. The molecule has 0 saturated carbocycles. The van der Waals surface area contributed by atoms with Crippen LogP contribution in [0.3, 0.4) is 0 Å². The zero-order valence-corrected chi connectivity index (χ0v) is 12.3. The Labute approximate surface area is 123 Å². The maximum Gasteiger partial charge on any atom is 0.401 e. The van der Waals surface area contributed by atoms with Gasteiger partial charge >= 0.3 is 6.18 Å². The average Bonchev–Trinajstić information content (AvgIpc) is 2.40. The summed E-state index contributed by atoms with van der Waals surface area (Å²) < 4.78 is 37.0. The molecule has 118 valence electrons. The first-order valence-corrected chi connectivity index (χ1v) is 7.20. The van der Waals surface area contributed by atoms with E-state index in [1.807, 2.05) is 13.1 Å². The van der Waals surface area contributed by atoms with Crippen molar-refractivity contribution in [3.63, 3.8) is 0 Å². The van der Waals surface area contributed by atoms with Crippen molar-refractivity contribution < 1.29 is 13.2 Å². The van der Waals surface area contributed by atoms with Crippen molar-refractivity contribution >= 4 is 0 Å². The quantitative estimate of drug-likeness (QED) is 0.898. The molecule has 2 rings (SSSR count). The summed E-state index contributed by atoms with van der Waals surface area (Å²) in [5.74, 6) is 0. The van der Waals surface area contributed by atoms with Gasteiger partial charge in [-0.25, -0.2) is 0 Å². The highest BCUT2D eigenvalue weighted by atomic mass is 19.4. The van der Waals surface area contributed by atoms with Crippen molar-refractivity contribution in [3.8, 4) is 0 Å². The standard InChI is InChI=1S/C15H22F3N3/c1-19-10-13-3-2-4-14(9-13)11-20-5-7-21(8-6-20)12-15(16,17)18/h2-4,9,19H,5-8,10-12H2,1H3. The monoisotopic (exact) mass is 301 g/mol. The van der Waals surface area contributed by atoms with Gasteiger partial charge in [0.15, 0.2) is 0 Å². The summed E-state index contributed by atoms with van der Waals surface area (Å²) in [4.78, 5) is 3.69. The Morgan fingerprint density at radius 3 is 2.29 bits per heavy atom. The van der Waals surface area contributed by atoms with Gasteiger partial charge in [-0.2, -0.15) is 13.2 Å². The Kier molecular flexibility index (Phi) is 5.61. The highest BCUT2D eigenvalue weighted by Gasteiger charge is 2.32. The smallest absolute Gasteiger partial charge is 0.316 e. The number of rotatable bonds is 5. The van der Waals surface area contributed by atoms with Crippen LogP contribution in [0.4, 0.5) is 13.2 Å². The number of nitrogens with zero attached hydrogens (tertiary/aromatic N) is 2. The molecule has 1 aromatic carbocycles. The van der Waals surface area contributed by atoms with E-state index in [2.05, 4.69) is 28.4 Å². The van der Waals surface area contributed by atoms with Crippen LogP contribution in [0.5, 0.6) is 0 Å². The molecule has 3 nitrogen and oxygen atoms in total. The number of nitrogens with one attached hydrogen (secondary N) is 1. The molecule has 1 N–H and O–H groups in total. The number of piperazine rings is 1. The maximum absolute atomic E-state index is 12.3. The molecule has 1 aliphatic rings. The fourth-order valence-corrected chi connectivity index (χ4v) is 2.66. The Balaban J connectivity index is 1.82. The minimum Gasteiger partial charge on any atom is -0.316 e. The van der Waals surface area contributed by atoms with Crippen molar-refractivity contribution in [3.05, 3.63) is 35.4 Å². The van der Waals surface area contributed by atoms with Crippen molar-refractivity contribution in [2.45, 2.75) is 19.3 Å². The maximum atomic E-state index is 12.3. The van der Waals surface area contributed by atoms with Crippen LogP contribution in [-0.2, 0) is 13.1 Å². The van der Waals surface area contributed by atoms with Gasteiger partial charge in [0.25, 0.3) is 0 Å². The lowest BCUT2D eigenvalue weighted by Gasteiger charge is -2.35. The molecule has 1 saturated heterocycles. The Bertz CT molecular complexity index is 440. The van der Waals surface area contributed by atoms with Crippen LogP contribution < -0.4 is 5.32 Å². The molecule has 0 aromatic heterocycles. The molecule has 0 bridgehead atoms. The van der Waals surface area contributed by atoms with Gasteiger partial charge in [0.2, 0.25) is 0 Å². The predicted molar refractivity (Wildman–Crippen MR) is 77.0 cm³/mol. The Morgan fingerprint density at radius 2 is 1.67 bits per heavy atom. The van der Waals surface area contributed by atoms with E-state index >= 15 is 0 Å². The number of hydrogen-bond acceptors (Lipinski definition) is 3. The molecule has 1 aliphatic heterocycles. The van der Waals surface area contributed by atoms with E-state index in [0.29, 0.717) is 26.2 Å². The number of halogens is 3. The van der Waals surface area contributed by atoms with E-state index in [0.717, 1.165) is 13.1 Å². The van der Waals surface area contributed by atoms with Gasteiger partial charge in [-0.05, 0) is 18.2 Å². The molecular weight excluding hydrogens is 279 g/mol. The summed E-state index contributed by atoms with van der Waals surface area (Å²) in [6.07, 6.45) is -4.09. The third-order valence-electron chi connectivity index (χ3n) is 3.65. The number of alkyl halides is 3. The second-order valence-electron chi connectivity index (χ2n) is 5.52. The van der Waals surface area contributed by atoms with E-state index < -0.39 is 12.7 Å². The van der Waals surface area contributed by atoms with Crippen molar-refractivity contribution in [1.82, 2.24) is 15.1 Å². The first-order valence-electron chi connectivity index (χ1n) is 7.20. The molecule has 0 amide bonds. The van der Waals surface area contributed by atoms with Crippen molar-refractivity contribution in [2.75, 3.05) is 39.8 Å². The molecule has 21 heavy (non-hydrogen) atoms. The van der Waals surface area contributed by atoms with Crippen molar-refractivity contribution in [2.24, 2.45) is 0 Å². The zero-order valence-electron chi connectivity index (χ0n) is 12.3. The first kappa shape index (κ1) is 16.3. The molecule has 0 radical (unpaired) electrons. The molecule has 1 aromatic rings. The van der Waals surface area contributed by atoms with Gasteiger partial charge in [-0.15, -0.1) is 0 Å². The molecule has 0 aliphatic carbocycles. The van der Waals surface area contributed by atoms with Crippen LogP contribution in [0.1, 0.15) is 11.1 Å². The molecular formula is C15H22F3N3. The van der Waals surface area contributed by atoms with Crippen LogP contribution in [-0.4, -0.2) is 55.7 Å². The van der Waals surface area contributed by atoms with Gasteiger partial charge in [0.05, 0.1) is 6.54 Å². The van der Waals surface area contributed by atoms with E-state index in [9.17, 15) is 13.2 Å². The zero-order chi connectivity index (χ0) is 15.3. The van der Waals surface area contributed by atoms with Gasteiger partial charge in [-0.3, -0.25) is 9.80 Å². The number of benzene rings is 1. The normalized spacial score (nSPS) is 18.1. The highest BCUT2D eigenvalue weighted by Crippen LogP contribution is 2.18. The van der Waals surface area contributed by atoms with Crippen LogP contribution >= 0.6 is 0 Å². The molecule has 0 atom stereocenters. The Hall–Kier alpha value is -1.11. The minimum absolute atomic E-state index is 0.482. The third kappa shape index (κ3) is 5.65. The SMILES string of the molecule is CNCc1cccc(CN2CCN(CC(F)(F)F)CC2)c1. The van der Waals surface area contributed by atoms with Gasteiger partial charge < -0.3 is 5.32 Å². The Morgan fingerprint density at radius 1 is 1.05 bits per heavy atom. The van der Waals surface area contributed by atoms with Gasteiger partial charge in [0.1, 0.15) is 0 Å². The minimum atomic E-state index is -4.09. The van der Waals surface area contributed by atoms with E-state index in [4.69, 9.17) is 0 Å². The molecule has 1 fully saturated rings. The predicted octanol–water partition coefficient (Wildman–Crippen LogP) is 2.09. The summed E-state index contributed by atoms with van der Waals surface area (Å²) in [5, 5.41) is 3.12. The summed E-state index contributed by atoms with van der Waals surface area (Å²) in [5.41, 5.74) is 2.44. The fourth-order valence-electron chi connectivity index (χ4n) is 2.66. The summed E-state index contributed by atoms with van der Waals surface area (Å²) >= 11 is 0. The van der Waals surface area contributed by atoms with E-state index in [1.165, 1.54) is 16.0 Å². The van der Waals surface area contributed by atoms with E-state index in [-0.39, 0.29) is 0 Å². The van der Waals surface area contributed by atoms with Crippen molar-refractivity contribution in [1.29, 1.82) is 0 Å². The van der Waals surface area contributed by atoms with Gasteiger partial charge in [0, 0.05) is 39.3 Å². The average molecular weight is 301 g/mol. The van der Waals surface area contributed by atoms with Crippen LogP contribution in [0.15, 0.2) is 24.3 Å². The summed E-state index contributed by atoms with van der Waals surface area (Å²) in [7, 11) is 1.91. The largest absolute Gasteiger partial charge is 0.401 e. The second kappa shape index (κ2) is 7.24. The first-order chi connectivity index (χ1) is 9.96. The third-order valence-corrected chi connectivity index (χ3v) is 3.65.